The molecule has 2 amide bonds. The Labute approximate surface area is 129 Å². The standard InChI is InChI=1S/C18H18N2O2/c19-17(21)11-15-7-3-13(4-8-15)1-2-14-5-9-16(10-6-14)12-18(20)22/h1-10H,11-12H2,(H2,19,21)(H2,20,22). The van der Waals surface area contributed by atoms with Gasteiger partial charge in [-0.3, -0.25) is 9.59 Å². The van der Waals surface area contributed by atoms with Gasteiger partial charge in [0, 0.05) is 0 Å². The zero-order valence-electron chi connectivity index (χ0n) is 12.2. The van der Waals surface area contributed by atoms with Gasteiger partial charge in [0.05, 0.1) is 12.8 Å². The number of amides is 2. The van der Waals surface area contributed by atoms with Crippen LogP contribution in [-0.4, -0.2) is 11.8 Å². The van der Waals surface area contributed by atoms with E-state index in [1.165, 1.54) is 0 Å². The largest absolute Gasteiger partial charge is 0.369 e. The highest BCUT2D eigenvalue weighted by Crippen LogP contribution is 2.11. The van der Waals surface area contributed by atoms with Gasteiger partial charge < -0.3 is 11.5 Å². The van der Waals surface area contributed by atoms with Crippen molar-refractivity contribution in [2.24, 2.45) is 11.5 Å². The smallest absolute Gasteiger partial charge is 0.221 e. The summed E-state index contributed by atoms with van der Waals surface area (Å²) in [4.78, 5) is 21.7. The van der Waals surface area contributed by atoms with Crippen LogP contribution in [0.1, 0.15) is 22.3 Å². The van der Waals surface area contributed by atoms with Crippen LogP contribution in [-0.2, 0) is 22.4 Å². The quantitative estimate of drug-likeness (QED) is 0.797. The van der Waals surface area contributed by atoms with Crippen LogP contribution in [0.5, 0.6) is 0 Å². The van der Waals surface area contributed by atoms with Gasteiger partial charge in [-0.1, -0.05) is 60.7 Å². The lowest BCUT2D eigenvalue weighted by molar-refractivity contribution is -0.118. The Morgan fingerprint density at radius 3 is 1.27 bits per heavy atom. The van der Waals surface area contributed by atoms with Crippen molar-refractivity contribution in [2.75, 3.05) is 0 Å². The van der Waals surface area contributed by atoms with Gasteiger partial charge in [-0.15, -0.1) is 0 Å². The Kier molecular flexibility index (Phi) is 5.09. The van der Waals surface area contributed by atoms with E-state index < -0.39 is 0 Å². The van der Waals surface area contributed by atoms with Crippen LogP contribution < -0.4 is 11.5 Å². The van der Waals surface area contributed by atoms with E-state index in [0.717, 1.165) is 22.3 Å². The molecule has 2 rings (SSSR count). The van der Waals surface area contributed by atoms with E-state index in [1.54, 1.807) is 0 Å². The lowest BCUT2D eigenvalue weighted by Gasteiger charge is -2.00. The molecule has 0 spiro atoms. The molecule has 0 heterocycles. The molecule has 0 bridgehead atoms. The summed E-state index contributed by atoms with van der Waals surface area (Å²) in [7, 11) is 0. The molecular weight excluding hydrogens is 276 g/mol. The number of carbonyl (C=O) groups excluding carboxylic acids is 2. The van der Waals surface area contributed by atoms with Crippen molar-refractivity contribution in [1.29, 1.82) is 0 Å². The molecule has 0 radical (unpaired) electrons. The Hall–Kier alpha value is -2.88. The summed E-state index contributed by atoms with van der Waals surface area (Å²) in [6, 6.07) is 15.3. The summed E-state index contributed by atoms with van der Waals surface area (Å²) in [5, 5.41) is 0. The van der Waals surface area contributed by atoms with Crippen LogP contribution in [0.2, 0.25) is 0 Å². The molecule has 112 valence electrons. The Balaban J connectivity index is 2.01. The lowest BCUT2D eigenvalue weighted by Crippen LogP contribution is -2.13. The van der Waals surface area contributed by atoms with Crippen molar-refractivity contribution >= 4 is 24.0 Å². The van der Waals surface area contributed by atoms with Crippen molar-refractivity contribution in [3.05, 3.63) is 70.8 Å². The zero-order chi connectivity index (χ0) is 15.9. The summed E-state index contributed by atoms with van der Waals surface area (Å²) in [6.45, 7) is 0. The van der Waals surface area contributed by atoms with E-state index in [1.807, 2.05) is 60.7 Å². The Morgan fingerprint density at radius 1 is 0.682 bits per heavy atom. The number of primary amides is 2. The second-order valence-electron chi connectivity index (χ2n) is 5.10. The van der Waals surface area contributed by atoms with Crippen molar-refractivity contribution in [3.8, 4) is 0 Å². The first-order valence-corrected chi connectivity index (χ1v) is 6.95. The van der Waals surface area contributed by atoms with E-state index in [2.05, 4.69) is 0 Å². The van der Waals surface area contributed by atoms with Crippen LogP contribution in [0.15, 0.2) is 48.5 Å². The van der Waals surface area contributed by atoms with Crippen LogP contribution in [0, 0.1) is 0 Å². The first-order valence-electron chi connectivity index (χ1n) is 6.95. The molecule has 0 atom stereocenters. The van der Waals surface area contributed by atoms with Crippen molar-refractivity contribution in [1.82, 2.24) is 0 Å². The minimum Gasteiger partial charge on any atom is -0.369 e. The summed E-state index contributed by atoms with van der Waals surface area (Å²) in [5.41, 5.74) is 14.2. The second-order valence-corrected chi connectivity index (χ2v) is 5.10. The molecule has 4 nitrogen and oxygen atoms in total. The average molecular weight is 294 g/mol. The van der Waals surface area contributed by atoms with Crippen LogP contribution in [0.25, 0.3) is 12.2 Å². The maximum atomic E-state index is 10.8. The normalized spacial score (nSPS) is 10.7. The van der Waals surface area contributed by atoms with Crippen LogP contribution in [0.4, 0.5) is 0 Å². The van der Waals surface area contributed by atoms with Crippen molar-refractivity contribution < 1.29 is 9.59 Å². The number of nitrogens with two attached hydrogens (primary N) is 2. The maximum Gasteiger partial charge on any atom is 0.221 e. The fourth-order valence-corrected chi connectivity index (χ4v) is 2.09. The molecule has 2 aromatic carbocycles. The van der Waals surface area contributed by atoms with E-state index in [4.69, 9.17) is 11.5 Å². The van der Waals surface area contributed by atoms with Gasteiger partial charge in [0.15, 0.2) is 0 Å². The number of hydrogen-bond acceptors (Lipinski definition) is 2. The molecule has 0 aromatic heterocycles. The molecular formula is C18H18N2O2. The average Bonchev–Trinajstić information content (AvgIpc) is 2.47. The third-order valence-electron chi connectivity index (χ3n) is 3.18. The molecule has 22 heavy (non-hydrogen) atoms. The van der Waals surface area contributed by atoms with E-state index in [9.17, 15) is 9.59 Å². The number of hydrogen-bond donors (Lipinski definition) is 2. The molecule has 0 unspecified atom stereocenters. The van der Waals surface area contributed by atoms with E-state index in [0.29, 0.717) is 0 Å². The maximum absolute atomic E-state index is 10.8. The fourth-order valence-electron chi connectivity index (χ4n) is 2.09. The molecule has 0 saturated carbocycles. The van der Waals surface area contributed by atoms with Gasteiger partial charge >= 0.3 is 0 Å². The van der Waals surface area contributed by atoms with Crippen LogP contribution in [0.3, 0.4) is 0 Å². The van der Waals surface area contributed by atoms with E-state index >= 15 is 0 Å². The highest BCUT2D eigenvalue weighted by atomic mass is 16.1. The fraction of sp³-hybridized carbons (Fsp3) is 0.111. The highest BCUT2D eigenvalue weighted by Gasteiger charge is 1.98. The predicted molar refractivity (Wildman–Crippen MR) is 87.6 cm³/mol. The molecule has 4 N–H and O–H groups in total. The summed E-state index contributed by atoms with van der Waals surface area (Å²) >= 11 is 0. The zero-order valence-corrected chi connectivity index (χ0v) is 12.2. The first kappa shape index (κ1) is 15.5. The summed E-state index contributed by atoms with van der Waals surface area (Å²) in [5.74, 6) is -0.668. The number of carbonyl (C=O) groups is 2. The lowest BCUT2D eigenvalue weighted by atomic mass is 10.1. The van der Waals surface area contributed by atoms with Gasteiger partial charge in [0.2, 0.25) is 11.8 Å². The summed E-state index contributed by atoms with van der Waals surface area (Å²) in [6.07, 6.45) is 4.48. The van der Waals surface area contributed by atoms with Crippen LogP contribution >= 0.6 is 0 Å². The minimum absolute atomic E-state index is 0.255. The molecule has 0 aliphatic rings. The van der Waals surface area contributed by atoms with Gasteiger partial charge in [-0.25, -0.2) is 0 Å². The van der Waals surface area contributed by atoms with Crippen molar-refractivity contribution in [3.63, 3.8) is 0 Å². The van der Waals surface area contributed by atoms with Gasteiger partial charge in [0.25, 0.3) is 0 Å². The third kappa shape index (κ3) is 4.90. The van der Waals surface area contributed by atoms with Gasteiger partial charge in [-0.2, -0.15) is 0 Å². The van der Waals surface area contributed by atoms with Gasteiger partial charge in [0.1, 0.15) is 0 Å². The van der Waals surface area contributed by atoms with Gasteiger partial charge in [-0.05, 0) is 22.3 Å². The predicted octanol–water partition coefficient (Wildman–Crippen LogP) is 1.91. The SMILES string of the molecule is NC(=O)Cc1ccc(C=Cc2ccc(CC(N)=O)cc2)cc1. The Morgan fingerprint density at radius 2 is 1.00 bits per heavy atom. The molecule has 0 aliphatic heterocycles. The molecule has 2 aromatic rings. The highest BCUT2D eigenvalue weighted by molar-refractivity contribution is 5.77. The second kappa shape index (κ2) is 7.22. The molecule has 0 saturated heterocycles. The van der Waals surface area contributed by atoms with E-state index in [-0.39, 0.29) is 24.7 Å². The number of rotatable bonds is 6. The summed E-state index contributed by atoms with van der Waals surface area (Å²) < 4.78 is 0. The topological polar surface area (TPSA) is 86.2 Å². The molecule has 0 fully saturated rings. The molecule has 4 heteroatoms. The van der Waals surface area contributed by atoms with Crippen molar-refractivity contribution in [2.45, 2.75) is 12.8 Å². The third-order valence-corrected chi connectivity index (χ3v) is 3.18. The minimum atomic E-state index is -0.334. The number of benzene rings is 2. The first-order chi connectivity index (χ1) is 10.5. The molecule has 0 aliphatic carbocycles. The Bertz CT molecular complexity index is 625. The monoisotopic (exact) mass is 294 g/mol.